The van der Waals surface area contributed by atoms with E-state index in [9.17, 15) is 4.79 Å². The number of alkyl halides is 3. The number of hydrogen-bond donors (Lipinski definition) is 2. The molecule has 1 aliphatic rings. The van der Waals surface area contributed by atoms with E-state index in [1.54, 1.807) is 0 Å². The lowest BCUT2D eigenvalue weighted by molar-refractivity contribution is -0.122. The van der Waals surface area contributed by atoms with Crippen LogP contribution >= 0.6 is 47.0 Å². The molecule has 9 heteroatoms. The Morgan fingerprint density at radius 1 is 1.12 bits per heavy atom. The minimum atomic E-state index is -1.70. The van der Waals surface area contributed by atoms with Crippen LogP contribution in [0.15, 0.2) is 0 Å². The molecular formula is C16H28Cl3N3O2S. The van der Waals surface area contributed by atoms with Crippen molar-refractivity contribution >= 4 is 58.0 Å². The second-order valence-corrected chi connectivity index (χ2v) is 8.86. The largest absolute Gasteiger partial charge is 0.378 e. The zero-order chi connectivity index (χ0) is 18.7. The van der Waals surface area contributed by atoms with Crippen molar-refractivity contribution < 1.29 is 9.53 Å². The Labute approximate surface area is 171 Å². The summed E-state index contributed by atoms with van der Waals surface area (Å²) in [6.45, 7) is 4.72. The van der Waals surface area contributed by atoms with Crippen LogP contribution in [0.2, 0.25) is 0 Å². The van der Waals surface area contributed by atoms with Gasteiger partial charge in [-0.25, -0.2) is 0 Å². The van der Waals surface area contributed by atoms with E-state index in [1.165, 1.54) is 19.3 Å². The maximum atomic E-state index is 12.1. The van der Waals surface area contributed by atoms with Crippen molar-refractivity contribution in [1.29, 1.82) is 0 Å². The van der Waals surface area contributed by atoms with Gasteiger partial charge in [0.2, 0.25) is 9.70 Å². The van der Waals surface area contributed by atoms with Crippen LogP contribution in [-0.4, -0.2) is 52.2 Å². The van der Waals surface area contributed by atoms with Gasteiger partial charge in [-0.3, -0.25) is 4.79 Å². The van der Waals surface area contributed by atoms with Gasteiger partial charge in [-0.2, -0.15) is 0 Å². The predicted octanol–water partition coefficient (Wildman–Crippen LogP) is 3.76. The SMILES string of the molecule is CCCCCCCCC(=O)N[C@H](NC(=S)N1CCOCC1)C(Cl)(Cl)Cl. The number of carbonyl (C=O) groups is 1. The maximum Gasteiger partial charge on any atom is 0.228 e. The highest BCUT2D eigenvalue weighted by molar-refractivity contribution is 7.80. The molecule has 1 saturated heterocycles. The van der Waals surface area contributed by atoms with Gasteiger partial charge >= 0.3 is 0 Å². The van der Waals surface area contributed by atoms with Crippen LogP contribution in [0.25, 0.3) is 0 Å². The van der Waals surface area contributed by atoms with Gasteiger partial charge in [0.25, 0.3) is 0 Å². The number of carbonyl (C=O) groups excluding carboxylic acids is 1. The fraction of sp³-hybridized carbons (Fsp3) is 0.875. The third-order valence-electron chi connectivity index (χ3n) is 3.96. The van der Waals surface area contributed by atoms with E-state index in [0.717, 1.165) is 19.3 Å². The normalized spacial score (nSPS) is 16.4. The van der Waals surface area contributed by atoms with E-state index in [4.69, 9.17) is 51.8 Å². The summed E-state index contributed by atoms with van der Waals surface area (Å²) in [5, 5.41) is 6.13. The molecule has 0 spiro atoms. The van der Waals surface area contributed by atoms with Gasteiger partial charge in [0, 0.05) is 19.5 Å². The van der Waals surface area contributed by atoms with Gasteiger partial charge in [-0.05, 0) is 18.6 Å². The molecule has 1 aliphatic heterocycles. The molecule has 1 atom stereocenters. The predicted molar refractivity (Wildman–Crippen MR) is 108 cm³/mol. The molecular weight excluding hydrogens is 405 g/mol. The van der Waals surface area contributed by atoms with Crippen LogP contribution in [0, 0.1) is 0 Å². The summed E-state index contributed by atoms with van der Waals surface area (Å²) in [4.78, 5) is 14.1. The molecule has 1 heterocycles. The van der Waals surface area contributed by atoms with Crippen LogP contribution in [0.3, 0.4) is 0 Å². The molecule has 0 unspecified atom stereocenters. The van der Waals surface area contributed by atoms with Crippen LogP contribution < -0.4 is 10.6 Å². The molecule has 0 aromatic rings. The zero-order valence-electron chi connectivity index (χ0n) is 14.7. The Balaban J connectivity index is 2.39. The summed E-state index contributed by atoms with van der Waals surface area (Å²) >= 11 is 23.3. The Morgan fingerprint density at radius 3 is 2.32 bits per heavy atom. The van der Waals surface area contributed by atoms with Crippen molar-refractivity contribution in [3.05, 3.63) is 0 Å². The van der Waals surface area contributed by atoms with Crippen LogP contribution in [0.4, 0.5) is 0 Å². The van der Waals surface area contributed by atoms with Crippen molar-refractivity contribution in [3.8, 4) is 0 Å². The second kappa shape index (κ2) is 12.4. The van der Waals surface area contributed by atoms with Crippen molar-refractivity contribution in [2.75, 3.05) is 26.3 Å². The summed E-state index contributed by atoms with van der Waals surface area (Å²) in [7, 11) is 0. The van der Waals surface area contributed by atoms with Gasteiger partial charge in [0.15, 0.2) is 5.11 Å². The first kappa shape index (κ1) is 23.0. The van der Waals surface area contributed by atoms with Gasteiger partial charge < -0.3 is 20.3 Å². The molecule has 1 fully saturated rings. The summed E-state index contributed by atoms with van der Waals surface area (Å²) in [5.74, 6) is -0.149. The van der Waals surface area contributed by atoms with Crippen LogP contribution in [-0.2, 0) is 9.53 Å². The number of amides is 1. The monoisotopic (exact) mass is 431 g/mol. The molecule has 0 saturated carbocycles. The number of unbranched alkanes of at least 4 members (excludes halogenated alkanes) is 5. The van der Waals surface area contributed by atoms with Crippen LogP contribution in [0.1, 0.15) is 51.9 Å². The molecule has 25 heavy (non-hydrogen) atoms. The van der Waals surface area contributed by atoms with Gasteiger partial charge in [-0.1, -0.05) is 73.8 Å². The van der Waals surface area contributed by atoms with Gasteiger partial charge in [0.1, 0.15) is 6.17 Å². The third-order valence-corrected chi connectivity index (χ3v) is 4.99. The van der Waals surface area contributed by atoms with Gasteiger partial charge in [0.05, 0.1) is 13.2 Å². The Morgan fingerprint density at radius 2 is 1.72 bits per heavy atom. The summed E-state index contributed by atoms with van der Waals surface area (Å²) in [5.41, 5.74) is 0. The maximum absolute atomic E-state index is 12.1. The molecule has 0 aliphatic carbocycles. The summed E-state index contributed by atoms with van der Waals surface area (Å²) in [6, 6.07) is 0. The standard InChI is InChI=1S/C16H28Cl3N3O2S/c1-2-3-4-5-6-7-8-13(23)20-14(16(17,18)19)21-15(25)22-9-11-24-12-10-22/h14H,2-12H2,1H3,(H,20,23)(H,21,25)/t14-/m1/s1. The molecule has 1 amide bonds. The van der Waals surface area contributed by atoms with E-state index in [1.807, 2.05) is 4.90 Å². The molecule has 0 bridgehead atoms. The lowest BCUT2D eigenvalue weighted by Crippen LogP contribution is -2.59. The second-order valence-electron chi connectivity index (χ2n) is 6.11. The smallest absolute Gasteiger partial charge is 0.228 e. The molecule has 2 N–H and O–H groups in total. The first-order valence-electron chi connectivity index (χ1n) is 8.84. The van der Waals surface area contributed by atoms with E-state index >= 15 is 0 Å². The first-order chi connectivity index (χ1) is 11.8. The number of thiocarbonyl (C=S) groups is 1. The number of halogens is 3. The Kier molecular flexibility index (Phi) is 11.4. The molecule has 5 nitrogen and oxygen atoms in total. The number of ether oxygens (including phenoxy) is 1. The average Bonchev–Trinajstić information content (AvgIpc) is 2.57. The van der Waals surface area contributed by atoms with Crippen molar-refractivity contribution in [2.24, 2.45) is 0 Å². The zero-order valence-corrected chi connectivity index (χ0v) is 17.7. The highest BCUT2D eigenvalue weighted by Crippen LogP contribution is 2.29. The van der Waals surface area contributed by atoms with Crippen molar-refractivity contribution in [3.63, 3.8) is 0 Å². The minimum absolute atomic E-state index is 0.149. The quantitative estimate of drug-likeness (QED) is 0.251. The Hall–Kier alpha value is -0.0100. The topological polar surface area (TPSA) is 53.6 Å². The fourth-order valence-corrected chi connectivity index (χ4v) is 3.11. The van der Waals surface area contributed by atoms with E-state index in [-0.39, 0.29) is 5.91 Å². The number of rotatable bonds is 9. The highest BCUT2D eigenvalue weighted by Gasteiger charge is 2.35. The number of morpholine rings is 1. The lowest BCUT2D eigenvalue weighted by atomic mass is 10.1. The lowest BCUT2D eigenvalue weighted by Gasteiger charge is -2.34. The van der Waals surface area contributed by atoms with Crippen LogP contribution in [0.5, 0.6) is 0 Å². The highest BCUT2D eigenvalue weighted by atomic mass is 35.6. The van der Waals surface area contributed by atoms with E-state index in [2.05, 4.69) is 17.6 Å². The fourth-order valence-electron chi connectivity index (χ4n) is 2.48. The van der Waals surface area contributed by atoms with Crippen molar-refractivity contribution in [1.82, 2.24) is 15.5 Å². The molecule has 0 radical (unpaired) electrons. The summed E-state index contributed by atoms with van der Waals surface area (Å²) < 4.78 is 3.59. The molecule has 146 valence electrons. The first-order valence-corrected chi connectivity index (χ1v) is 10.4. The average molecular weight is 433 g/mol. The molecule has 0 aromatic heterocycles. The minimum Gasteiger partial charge on any atom is -0.378 e. The molecule has 1 rings (SSSR count). The van der Waals surface area contributed by atoms with E-state index in [0.29, 0.717) is 37.8 Å². The van der Waals surface area contributed by atoms with E-state index < -0.39 is 9.96 Å². The summed E-state index contributed by atoms with van der Waals surface area (Å²) in [6.07, 6.45) is 6.21. The number of nitrogens with one attached hydrogen (secondary N) is 2. The number of hydrogen-bond acceptors (Lipinski definition) is 3. The molecule has 0 aromatic carbocycles. The third kappa shape index (κ3) is 10.0. The number of nitrogens with zero attached hydrogens (tertiary/aromatic N) is 1. The van der Waals surface area contributed by atoms with Gasteiger partial charge in [-0.15, -0.1) is 0 Å². The van der Waals surface area contributed by atoms with Crippen molar-refractivity contribution in [2.45, 2.75) is 61.8 Å². The Bertz CT molecular complexity index is 416.